The summed E-state index contributed by atoms with van der Waals surface area (Å²) in [5, 5.41) is 18.0. The van der Waals surface area contributed by atoms with E-state index in [0.717, 1.165) is 23.1 Å². The summed E-state index contributed by atoms with van der Waals surface area (Å²) >= 11 is 15.8. The number of thiophene rings is 1. The normalized spacial score (nSPS) is 20.9. The van der Waals surface area contributed by atoms with Crippen LogP contribution in [-0.2, 0) is 23.5 Å². The molecule has 0 saturated carbocycles. The highest BCUT2D eigenvalue weighted by Crippen LogP contribution is 2.48. The number of benzene rings is 1. The fraction of sp³-hybridized carbons (Fsp3) is 0.400. The molecule has 1 fully saturated rings. The molecule has 5 heterocycles. The Kier molecular flexibility index (Phi) is 4.81. The van der Waals surface area contributed by atoms with Gasteiger partial charge in [0, 0.05) is 32.7 Å². The van der Waals surface area contributed by atoms with Gasteiger partial charge >= 0.3 is 0 Å². The Balaban J connectivity index is 1.42. The van der Waals surface area contributed by atoms with E-state index in [1.165, 1.54) is 21.0 Å². The predicted molar refractivity (Wildman–Crippen MR) is 124 cm³/mol. The van der Waals surface area contributed by atoms with Crippen LogP contribution in [0.3, 0.4) is 0 Å². The van der Waals surface area contributed by atoms with Gasteiger partial charge in [0.15, 0.2) is 5.16 Å². The van der Waals surface area contributed by atoms with Crippen LogP contribution in [-0.4, -0.2) is 27.0 Å². The van der Waals surface area contributed by atoms with E-state index in [4.69, 9.17) is 27.9 Å². The third-order valence-corrected chi connectivity index (χ3v) is 8.56. The Morgan fingerprint density at radius 3 is 3.03 bits per heavy atom. The van der Waals surface area contributed by atoms with Crippen molar-refractivity contribution >= 4 is 52.2 Å². The van der Waals surface area contributed by atoms with Crippen LogP contribution in [0, 0.1) is 0 Å². The Morgan fingerprint density at radius 2 is 2.19 bits per heavy atom. The van der Waals surface area contributed by atoms with E-state index in [0.29, 0.717) is 29.1 Å². The van der Waals surface area contributed by atoms with E-state index >= 15 is 0 Å². The number of nitrogens with one attached hydrogen (secondary N) is 2. The molecule has 1 atom stereocenters. The maximum Gasteiger partial charge on any atom is 0.249 e. The SMILES string of the molecule is CC1(C)Cc2c(sc3c2C2NCNN2c2nnc(SCc4ccc(Cl)cc4Cl)n2-3)CO1. The molecule has 7 nitrogen and oxygen atoms in total. The summed E-state index contributed by atoms with van der Waals surface area (Å²) in [6, 6.07) is 5.60. The second kappa shape index (κ2) is 7.34. The quantitative estimate of drug-likeness (QED) is 0.513. The van der Waals surface area contributed by atoms with Gasteiger partial charge in [0.25, 0.3) is 0 Å². The molecule has 6 rings (SSSR count). The number of hydrogen-bond donors (Lipinski definition) is 2. The number of thioether (sulfide) groups is 1. The molecule has 1 unspecified atom stereocenters. The zero-order chi connectivity index (χ0) is 21.3. The Morgan fingerprint density at radius 1 is 1.32 bits per heavy atom. The molecule has 3 aromatic rings. The number of halogens is 2. The molecule has 11 heteroatoms. The first-order valence-electron chi connectivity index (χ1n) is 9.98. The molecular formula is C20H20Cl2N6OS2. The number of anilines is 1. The van der Waals surface area contributed by atoms with Gasteiger partial charge in [0.1, 0.15) is 11.2 Å². The van der Waals surface area contributed by atoms with Crippen LogP contribution in [0.5, 0.6) is 0 Å². The Bertz CT molecular complexity index is 1190. The van der Waals surface area contributed by atoms with Crippen LogP contribution in [0.2, 0.25) is 10.0 Å². The van der Waals surface area contributed by atoms with Crippen molar-refractivity contribution < 1.29 is 4.74 Å². The smallest absolute Gasteiger partial charge is 0.249 e. The minimum absolute atomic E-state index is 0.0455. The lowest BCUT2D eigenvalue weighted by Gasteiger charge is -2.34. The molecule has 1 aromatic carbocycles. The van der Waals surface area contributed by atoms with E-state index in [2.05, 4.69) is 44.4 Å². The van der Waals surface area contributed by atoms with Crippen molar-refractivity contribution in [1.82, 2.24) is 25.5 Å². The number of nitrogens with zero attached hydrogens (tertiary/aromatic N) is 4. The Hall–Kier alpha value is -1.33. The molecule has 31 heavy (non-hydrogen) atoms. The average molecular weight is 495 g/mol. The highest BCUT2D eigenvalue weighted by molar-refractivity contribution is 7.98. The van der Waals surface area contributed by atoms with Crippen LogP contribution >= 0.6 is 46.3 Å². The van der Waals surface area contributed by atoms with Crippen molar-refractivity contribution in [2.24, 2.45) is 0 Å². The lowest BCUT2D eigenvalue weighted by Crippen LogP contribution is -2.40. The minimum Gasteiger partial charge on any atom is -0.370 e. The molecule has 0 amide bonds. The van der Waals surface area contributed by atoms with Crippen molar-refractivity contribution in [3.05, 3.63) is 49.8 Å². The zero-order valence-corrected chi connectivity index (χ0v) is 20.1. The summed E-state index contributed by atoms with van der Waals surface area (Å²) in [4.78, 5) is 1.29. The maximum atomic E-state index is 6.38. The molecule has 2 aromatic heterocycles. The number of hydrazine groups is 1. The van der Waals surface area contributed by atoms with Crippen molar-refractivity contribution in [2.75, 3.05) is 11.7 Å². The zero-order valence-electron chi connectivity index (χ0n) is 16.9. The lowest BCUT2D eigenvalue weighted by molar-refractivity contribution is -0.0385. The third-order valence-electron chi connectivity index (χ3n) is 5.79. The first-order valence-corrected chi connectivity index (χ1v) is 12.5. The van der Waals surface area contributed by atoms with Gasteiger partial charge in [0.2, 0.25) is 5.95 Å². The number of fused-ring (bicyclic) bond motifs is 8. The van der Waals surface area contributed by atoms with Crippen LogP contribution < -0.4 is 15.8 Å². The molecule has 1 saturated heterocycles. The van der Waals surface area contributed by atoms with Gasteiger partial charge in [-0.1, -0.05) is 41.0 Å². The standard InChI is InChI=1S/C20H20Cl2N6OS2/c1-20(2)6-12-14(7-29-20)31-17-15(12)16-23-9-24-28(16)18-25-26-19(27(17)18)30-8-10-3-4-11(21)5-13(10)22/h3-5,16,23-24H,6-9H2,1-2H3. The summed E-state index contributed by atoms with van der Waals surface area (Å²) in [5.41, 5.74) is 6.94. The number of rotatable bonds is 3. The van der Waals surface area contributed by atoms with E-state index in [1.54, 1.807) is 29.2 Å². The molecular weight excluding hydrogens is 475 g/mol. The van der Waals surface area contributed by atoms with Crippen molar-refractivity contribution in [1.29, 1.82) is 0 Å². The first-order chi connectivity index (χ1) is 14.9. The summed E-state index contributed by atoms with van der Waals surface area (Å²) in [6.07, 6.45) is 0.935. The van der Waals surface area contributed by atoms with Gasteiger partial charge in [0.05, 0.1) is 18.9 Å². The van der Waals surface area contributed by atoms with E-state index in [-0.39, 0.29) is 11.8 Å². The topological polar surface area (TPSA) is 67.2 Å². The average Bonchev–Trinajstić information content (AvgIpc) is 3.42. The molecule has 0 bridgehead atoms. The maximum absolute atomic E-state index is 6.38. The van der Waals surface area contributed by atoms with E-state index in [1.807, 2.05) is 12.1 Å². The fourth-order valence-corrected chi connectivity index (χ4v) is 7.12. The summed E-state index contributed by atoms with van der Waals surface area (Å²) in [7, 11) is 0. The highest BCUT2D eigenvalue weighted by atomic mass is 35.5. The van der Waals surface area contributed by atoms with Crippen LogP contribution in [0.4, 0.5) is 5.95 Å². The van der Waals surface area contributed by atoms with Gasteiger partial charge in [-0.2, -0.15) is 0 Å². The summed E-state index contributed by atoms with van der Waals surface area (Å²) in [6.45, 7) is 5.63. The highest BCUT2D eigenvalue weighted by Gasteiger charge is 2.43. The molecule has 2 N–H and O–H groups in total. The monoisotopic (exact) mass is 494 g/mol. The number of aromatic nitrogens is 3. The second-order valence-corrected chi connectivity index (χ2v) is 11.3. The predicted octanol–water partition coefficient (Wildman–Crippen LogP) is 4.66. The third kappa shape index (κ3) is 3.30. The van der Waals surface area contributed by atoms with Crippen molar-refractivity contribution in [2.45, 2.75) is 49.6 Å². The van der Waals surface area contributed by atoms with E-state index in [9.17, 15) is 0 Å². The fourth-order valence-electron chi connectivity index (χ4n) is 4.31. The number of hydrogen-bond acceptors (Lipinski definition) is 8. The van der Waals surface area contributed by atoms with Crippen molar-refractivity contribution in [3.8, 4) is 5.00 Å². The van der Waals surface area contributed by atoms with Gasteiger partial charge in [-0.25, -0.2) is 9.99 Å². The molecule has 162 valence electrons. The van der Waals surface area contributed by atoms with Crippen LogP contribution in [0.1, 0.15) is 41.6 Å². The van der Waals surface area contributed by atoms with Gasteiger partial charge in [-0.3, -0.25) is 10.3 Å². The van der Waals surface area contributed by atoms with Gasteiger partial charge in [-0.05, 0) is 37.1 Å². The summed E-state index contributed by atoms with van der Waals surface area (Å²) < 4.78 is 8.26. The first kappa shape index (κ1) is 20.3. The van der Waals surface area contributed by atoms with E-state index < -0.39 is 0 Å². The van der Waals surface area contributed by atoms with Crippen LogP contribution in [0.15, 0.2) is 23.4 Å². The lowest BCUT2D eigenvalue weighted by atomic mass is 9.92. The van der Waals surface area contributed by atoms with Gasteiger partial charge in [-0.15, -0.1) is 21.5 Å². The van der Waals surface area contributed by atoms with Crippen molar-refractivity contribution in [3.63, 3.8) is 0 Å². The van der Waals surface area contributed by atoms with Crippen LogP contribution in [0.25, 0.3) is 5.00 Å². The second-order valence-electron chi connectivity index (χ2n) is 8.40. The molecule has 3 aliphatic rings. The Labute approximate surface area is 198 Å². The molecule has 0 spiro atoms. The van der Waals surface area contributed by atoms with Gasteiger partial charge < -0.3 is 4.74 Å². The molecule has 0 aliphatic carbocycles. The number of ether oxygens (including phenoxy) is 1. The molecule has 0 radical (unpaired) electrons. The summed E-state index contributed by atoms with van der Waals surface area (Å²) in [5.74, 6) is 1.48. The minimum atomic E-state index is -0.172. The molecule has 3 aliphatic heterocycles. The largest absolute Gasteiger partial charge is 0.370 e.